The molecular weight excluding hydrogens is 592 g/mol. The predicted molar refractivity (Wildman–Crippen MR) is 145 cm³/mol. The topological polar surface area (TPSA) is 123 Å². The van der Waals surface area contributed by atoms with Crippen molar-refractivity contribution in [1.82, 2.24) is 4.90 Å². The molecule has 0 aromatic heterocycles. The smallest absolute Gasteiger partial charge is 0.455 e. The summed E-state index contributed by atoms with van der Waals surface area (Å²) >= 11 is 2.06. The molecule has 4 atom stereocenters. The minimum atomic E-state index is -1.07. The first kappa shape index (κ1) is 27.7. The Morgan fingerprint density at radius 1 is 1.27 bits per heavy atom. The Balaban J connectivity index is 1.58. The van der Waals surface area contributed by atoms with Gasteiger partial charge in [0.05, 0.1) is 35.7 Å². The summed E-state index contributed by atoms with van der Waals surface area (Å²) in [5, 5.41) is 20.7. The van der Waals surface area contributed by atoms with Crippen molar-refractivity contribution in [3.05, 3.63) is 38.0 Å². The quantitative estimate of drug-likeness (QED) is 0.210. The second-order valence-electron chi connectivity index (χ2n) is 9.74. The lowest BCUT2D eigenvalue weighted by molar-refractivity contribution is -0.137. The number of amides is 3. The number of phenols is 1. The lowest BCUT2D eigenvalue weighted by Crippen LogP contribution is -2.46. The molecule has 0 bridgehead atoms. The molecule has 1 aromatic carbocycles. The molecule has 1 aromatic rings. The Morgan fingerprint density at radius 3 is 2.65 bits per heavy atom. The number of halogens is 1. The second-order valence-corrected chi connectivity index (χ2v) is 10.9. The minimum Gasteiger partial charge on any atom is -0.504 e. The maximum absolute atomic E-state index is 13.2. The molecule has 2 heterocycles. The van der Waals surface area contributed by atoms with Crippen LogP contribution in [0.1, 0.15) is 45.1 Å². The molecule has 11 heteroatoms. The Bertz CT molecular complexity index is 1180. The van der Waals surface area contributed by atoms with Crippen molar-refractivity contribution in [2.45, 2.75) is 52.0 Å². The third-order valence-electron chi connectivity index (χ3n) is 7.58. The number of methoxy groups -OCH3 is 2. The fourth-order valence-corrected chi connectivity index (χ4v) is 6.55. The number of hydrogen-bond acceptors (Lipinski definition) is 8. The van der Waals surface area contributed by atoms with Gasteiger partial charge in [0.1, 0.15) is 0 Å². The average Bonchev–Trinajstić information content (AvgIpc) is 3.12. The van der Waals surface area contributed by atoms with E-state index >= 15 is 0 Å². The van der Waals surface area contributed by atoms with Crippen LogP contribution in [-0.2, 0) is 19.0 Å². The van der Waals surface area contributed by atoms with Crippen molar-refractivity contribution in [2.24, 2.45) is 17.8 Å². The van der Waals surface area contributed by atoms with Crippen molar-refractivity contribution >= 4 is 53.7 Å². The van der Waals surface area contributed by atoms with E-state index in [9.17, 15) is 24.5 Å². The van der Waals surface area contributed by atoms with E-state index in [2.05, 4.69) is 27.3 Å². The lowest BCUT2D eigenvalue weighted by atomic mass is 9.58. The molecule has 2 fully saturated rings. The molecule has 2 saturated heterocycles. The second kappa shape index (κ2) is 11.2. The van der Waals surface area contributed by atoms with E-state index in [0.717, 1.165) is 29.4 Å². The Labute approximate surface area is 230 Å². The van der Waals surface area contributed by atoms with E-state index in [1.54, 1.807) is 6.07 Å². The first-order valence-electron chi connectivity index (χ1n) is 12.4. The molecular formula is C26H31BINO8. The highest BCUT2D eigenvalue weighted by atomic mass is 127. The van der Waals surface area contributed by atoms with Crippen LogP contribution in [0.4, 0.5) is 4.79 Å². The molecule has 0 unspecified atom stereocenters. The molecule has 0 radical (unpaired) electrons. The van der Waals surface area contributed by atoms with Gasteiger partial charge in [0, 0.05) is 0 Å². The number of carbonyl (C=O) groups is 3. The number of ether oxygens (including phenoxy) is 2. The van der Waals surface area contributed by atoms with E-state index in [-0.39, 0.29) is 18.0 Å². The van der Waals surface area contributed by atoms with Gasteiger partial charge >= 0.3 is 13.2 Å². The van der Waals surface area contributed by atoms with Gasteiger partial charge in [-0.05, 0) is 90.7 Å². The van der Waals surface area contributed by atoms with E-state index in [1.165, 1.54) is 7.11 Å². The third kappa shape index (κ3) is 5.17. The summed E-state index contributed by atoms with van der Waals surface area (Å²) in [6, 6.07) is 3.64. The van der Waals surface area contributed by atoms with Crippen molar-refractivity contribution in [2.75, 3.05) is 14.2 Å². The van der Waals surface area contributed by atoms with Gasteiger partial charge in [0.15, 0.2) is 11.5 Å². The predicted octanol–water partition coefficient (Wildman–Crippen LogP) is 4.16. The van der Waals surface area contributed by atoms with Crippen LogP contribution in [0.25, 0.3) is 6.08 Å². The zero-order chi connectivity index (χ0) is 27.0. The normalized spacial score (nSPS) is 25.8. The van der Waals surface area contributed by atoms with E-state index in [1.807, 2.05) is 26.0 Å². The van der Waals surface area contributed by atoms with Gasteiger partial charge < -0.3 is 24.3 Å². The summed E-state index contributed by atoms with van der Waals surface area (Å²) in [6.07, 6.45) is 3.17. The zero-order valence-corrected chi connectivity index (χ0v) is 23.5. The van der Waals surface area contributed by atoms with Gasteiger partial charge in [-0.15, -0.1) is 0 Å². The summed E-state index contributed by atoms with van der Waals surface area (Å²) in [5.74, 6) is -2.29. The van der Waals surface area contributed by atoms with Gasteiger partial charge in [-0.2, -0.15) is 4.90 Å². The van der Waals surface area contributed by atoms with Crippen molar-refractivity contribution < 1.29 is 38.6 Å². The average molecular weight is 623 g/mol. The summed E-state index contributed by atoms with van der Waals surface area (Å²) in [6.45, 7) is 4.01. The Hall–Kier alpha value is -2.38. The van der Waals surface area contributed by atoms with Crippen LogP contribution in [0.2, 0.25) is 6.32 Å². The van der Waals surface area contributed by atoms with Crippen LogP contribution < -0.4 is 4.74 Å². The standard InChI is InChI=1S/C26H31BINO8/c1-5-15-11-16-22(25(32)29(24(16)31)26(33)36-4)17-12-27(34)37-19(21(15)17)7-6-13(2)8-14-9-18(28)23(30)20(10-14)35-3/h8-10,16-17,19,22,30,34H,5-7,11-12H2,1-4H3/b13-8+/t16-,17+,19-,22-/m1/s1. The molecule has 37 heavy (non-hydrogen) atoms. The molecule has 2 N–H and O–H groups in total. The summed E-state index contributed by atoms with van der Waals surface area (Å²) in [5.41, 5.74) is 4.00. The van der Waals surface area contributed by atoms with Gasteiger partial charge in [-0.1, -0.05) is 24.1 Å². The number of aromatic hydroxyl groups is 1. The molecule has 4 rings (SSSR count). The van der Waals surface area contributed by atoms with Crippen LogP contribution in [0.3, 0.4) is 0 Å². The number of likely N-dealkylation sites (tertiary alicyclic amines) is 1. The van der Waals surface area contributed by atoms with Crippen LogP contribution in [0, 0.1) is 21.3 Å². The summed E-state index contributed by atoms with van der Waals surface area (Å²) in [7, 11) is 1.58. The summed E-state index contributed by atoms with van der Waals surface area (Å²) < 4.78 is 16.6. The van der Waals surface area contributed by atoms with Gasteiger partial charge in [0.25, 0.3) is 0 Å². The molecule has 9 nitrogen and oxygen atoms in total. The van der Waals surface area contributed by atoms with Crippen molar-refractivity contribution in [3.63, 3.8) is 0 Å². The molecule has 2 aliphatic heterocycles. The molecule has 0 spiro atoms. The highest BCUT2D eigenvalue weighted by Crippen LogP contribution is 2.51. The van der Waals surface area contributed by atoms with Crippen LogP contribution in [-0.4, -0.2) is 60.4 Å². The number of hydrogen-bond donors (Lipinski definition) is 2. The highest BCUT2D eigenvalue weighted by molar-refractivity contribution is 14.1. The van der Waals surface area contributed by atoms with E-state index in [0.29, 0.717) is 39.9 Å². The highest BCUT2D eigenvalue weighted by Gasteiger charge is 2.58. The number of imide groups is 3. The Kier molecular flexibility index (Phi) is 8.34. The van der Waals surface area contributed by atoms with Crippen molar-refractivity contribution in [3.8, 4) is 11.5 Å². The van der Waals surface area contributed by atoms with Crippen LogP contribution in [0.5, 0.6) is 11.5 Å². The minimum absolute atomic E-state index is 0.105. The van der Waals surface area contributed by atoms with Gasteiger partial charge in [0.2, 0.25) is 11.8 Å². The fourth-order valence-electron chi connectivity index (χ4n) is 5.92. The Morgan fingerprint density at radius 2 is 2.00 bits per heavy atom. The largest absolute Gasteiger partial charge is 0.504 e. The summed E-state index contributed by atoms with van der Waals surface area (Å²) in [4.78, 5) is 39.0. The van der Waals surface area contributed by atoms with E-state index < -0.39 is 43.0 Å². The number of rotatable bonds is 6. The molecule has 198 valence electrons. The molecule has 0 saturated carbocycles. The number of nitrogens with zero attached hydrogens (tertiary/aromatic N) is 1. The van der Waals surface area contributed by atoms with Gasteiger partial charge in [-0.25, -0.2) is 4.79 Å². The lowest BCUT2D eigenvalue weighted by Gasteiger charge is -2.43. The molecule has 3 aliphatic rings. The van der Waals surface area contributed by atoms with Gasteiger partial charge in [-0.3, -0.25) is 9.59 Å². The zero-order valence-electron chi connectivity index (χ0n) is 21.3. The molecule has 3 amide bonds. The maximum atomic E-state index is 13.2. The van der Waals surface area contributed by atoms with E-state index in [4.69, 9.17) is 9.39 Å². The number of fused-ring (bicyclic) bond motifs is 3. The number of benzene rings is 1. The first-order chi connectivity index (χ1) is 17.6. The monoisotopic (exact) mass is 623 g/mol. The first-order valence-corrected chi connectivity index (χ1v) is 13.4. The maximum Gasteiger partial charge on any atom is 0.455 e. The SMILES string of the molecule is CCC1=C2[C@@H](CC/C(C)=C/c3cc(I)c(O)c(OC)c3)OB(O)C[C@@H]2[C@@H]2C(=O)N(C(=O)OC)C(=O)[C@@H]2C1. The third-order valence-corrected chi connectivity index (χ3v) is 8.40. The fraction of sp³-hybridized carbons (Fsp3) is 0.500. The number of allylic oxidation sites excluding steroid dienone is 2. The molecule has 1 aliphatic carbocycles. The van der Waals surface area contributed by atoms with Crippen LogP contribution >= 0.6 is 22.6 Å². The van der Waals surface area contributed by atoms with Crippen molar-refractivity contribution in [1.29, 1.82) is 0 Å². The van der Waals surface area contributed by atoms with Crippen LogP contribution in [0.15, 0.2) is 28.9 Å². The number of phenolic OH excluding ortho intramolecular Hbond substituents is 1. The number of carbonyl (C=O) groups excluding carboxylic acids is 3.